The van der Waals surface area contributed by atoms with Gasteiger partial charge >= 0.3 is 0 Å². The van der Waals surface area contributed by atoms with E-state index < -0.39 is 0 Å². The summed E-state index contributed by atoms with van der Waals surface area (Å²) in [5, 5.41) is 6.54. The number of carbonyl (C=O) groups is 1. The second kappa shape index (κ2) is 5.33. The van der Waals surface area contributed by atoms with E-state index in [0.29, 0.717) is 29.2 Å². The van der Waals surface area contributed by atoms with Gasteiger partial charge in [-0.05, 0) is 19.1 Å². The Morgan fingerprint density at radius 3 is 2.89 bits per heavy atom. The van der Waals surface area contributed by atoms with E-state index in [0.717, 1.165) is 0 Å². The zero-order valence-corrected chi connectivity index (χ0v) is 9.93. The first kappa shape index (κ1) is 12.1. The van der Waals surface area contributed by atoms with Crippen molar-refractivity contribution in [3.63, 3.8) is 0 Å². The highest BCUT2D eigenvalue weighted by atomic mass is 16.5. The SMILES string of the molecule is Cc1cc(CNC(=O)c2ccccc2NN)no1. The summed E-state index contributed by atoms with van der Waals surface area (Å²) in [6, 6.07) is 8.77. The van der Waals surface area contributed by atoms with Crippen molar-refractivity contribution >= 4 is 11.6 Å². The molecule has 4 N–H and O–H groups in total. The maximum absolute atomic E-state index is 11.9. The fraction of sp³-hybridized carbons (Fsp3) is 0.167. The standard InChI is InChI=1S/C12H14N4O2/c1-8-6-9(16-18-8)7-14-12(17)10-4-2-3-5-11(10)15-13/h2-6,15H,7,13H2,1H3,(H,14,17). The number of nitrogens with one attached hydrogen (secondary N) is 2. The van der Waals surface area contributed by atoms with Crippen LogP contribution in [0.3, 0.4) is 0 Å². The van der Waals surface area contributed by atoms with Gasteiger partial charge in [0.1, 0.15) is 11.5 Å². The molecule has 1 aromatic carbocycles. The number of hydrogen-bond donors (Lipinski definition) is 3. The molecule has 0 saturated heterocycles. The number of amides is 1. The van der Waals surface area contributed by atoms with E-state index in [1.165, 1.54) is 0 Å². The Labute approximate surface area is 104 Å². The number of para-hydroxylation sites is 1. The number of hydrazine groups is 1. The molecule has 0 fully saturated rings. The lowest BCUT2D eigenvalue weighted by molar-refractivity contribution is 0.0951. The zero-order valence-electron chi connectivity index (χ0n) is 9.93. The van der Waals surface area contributed by atoms with Crippen LogP contribution in [0.25, 0.3) is 0 Å². The van der Waals surface area contributed by atoms with Crippen LogP contribution in [0.2, 0.25) is 0 Å². The minimum Gasteiger partial charge on any atom is -0.361 e. The molecule has 94 valence electrons. The monoisotopic (exact) mass is 246 g/mol. The van der Waals surface area contributed by atoms with Gasteiger partial charge in [-0.15, -0.1) is 0 Å². The Morgan fingerprint density at radius 1 is 1.44 bits per heavy atom. The molecule has 0 aliphatic heterocycles. The van der Waals surface area contributed by atoms with Gasteiger partial charge in [0.05, 0.1) is 17.8 Å². The summed E-state index contributed by atoms with van der Waals surface area (Å²) in [6.07, 6.45) is 0. The quantitative estimate of drug-likeness (QED) is 0.556. The molecule has 0 bridgehead atoms. The summed E-state index contributed by atoms with van der Waals surface area (Å²) in [6.45, 7) is 2.11. The van der Waals surface area contributed by atoms with Gasteiger partial charge in [-0.25, -0.2) is 0 Å². The zero-order chi connectivity index (χ0) is 13.0. The average Bonchev–Trinajstić information content (AvgIpc) is 2.81. The van der Waals surface area contributed by atoms with Crippen molar-refractivity contribution in [1.29, 1.82) is 0 Å². The van der Waals surface area contributed by atoms with E-state index in [1.54, 1.807) is 37.3 Å². The molecule has 1 aromatic heterocycles. The first-order valence-corrected chi connectivity index (χ1v) is 5.46. The molecule has 0 atom stereocenters. The van der Waals surface area contributed by atoms with E-state index >= 15 is 0 Å². The third-order valence-electron chi connectivity index (χ3n) is 2.43. The first-order chi connectivity index (χ1) is 8.70. The first-order valence-electron chi connectivity index (χ1n) is 5.46. The van der Waals surface area contributed by atoms with Crippen molar-refractivity contribution in [2.24, 2.45) is 5.84 Å². The molecule has 1 heterocycles. The number of nitrogens with zero attached hydrogens (tertiary/aromatic N) is 1. The second-order valence-corrected chi connectivity index (χ2v) is 3.80. The molecule has 0 radical (unpaired) electrons. The van der Waals surface area contributed by atoms with Crippen molar-refractivity contribution in [2.45, 2.75) is 13.5 Å². The van der Waals surface area contributed by atoms with E-state index in [2.05, 4.69) is 15.9 Å². The number of aromatic nitrogens is 1. The van der Waals surface area contributed by atoms with E-state index in [4.69, 9.17) is 10.4 Å². The van der Waals surface area contributed by atoms with Crippen molar-refractivity contribution < 1.29 is 9.32 Å². The third kappa shape index (κ3) is 2.67. The number of nitrogen functional groups attached to an aromatic ring is 1. The van der Waals surface area contributed by atoms with Crippen LogP contribution in [-0.4, -0.2) is 11.1 Å². The van der Waals surface area contributed by atoms with Gasteiger partial charge in [0.25, 0.3) is 5.91 Å². The van der Waals surface area contributed by atoms with Gasteiger partial charge in [-0.1, -0.05) is 17.3 Å². The van der Waals surface area contributed by atoms with Crippen LogP contribution in [0, 0.1) is 6.92 Å². The topological polar surface area (TPSA) is 93.2 Å². The molecule has 2 aromatic rings. The second-order valence-electron chi connectivity index (χ2n) is 3.80. The van der Waals surface area contributed by atoms with Crippen molar-refractivity contribution in [3.8, 4) is 0 Å². The van der Waals surface area contributed by atoms with Gasteiger partial charge in [-0.2, -0.15) is 0 Å². The number of nitrogens with two attached hydrogens (primary N) is 1. The molecule has 0 saturated carbocycles. The minimum absolute atomic E-state index is 0.218. The molecular weight excluding hydrogens is 232 g/mol. The van der Waals surface area contributed by atoms with Crippen molar-refractivity contribution in [3.05, 3.63) is 47.3 Å². The Morgan fingerprint density at radius 2 is 2.22 bits per heavy atom. The summed E-state index contributed by atoms with van der Waals surface area (Å²) < 4.78 is 4.91. The molecule has 0 aliphatic rings. The summed E-state index contributed by atoms with van der Waals surface area (Å²) in [5.74, 6) is 5.83. The molecule has 0 aliphatic carbocycles. The van der Waals surface area contributed by atoms with Crippen LogP contribution in [0.5, 0.6) is 0 Å². The highest BCUT2D eigenvalue weighted by Crippen LogP contribution is 2.13. The van der Waals surface area contributed by atoms with Gasteiger partial charge in [0, 0.05) is 6.07 Å². The number of aryl methyl sites for hydroxylation is 1. The molecule has 18 heavy (non-hydrogen) atoms. The van der Waals surface area contributed by atoms with E-state index in [9.17, 15) is 4.79 Å². The van der Waals surface area contributed by atoms with Gasteiger partial charge in [-0.3, -0.25) is 10.6 Å². The molecule has 0 spiro atoms. The van der Waals surface area contributed by atoms with Crippen LogP contribution < -0.4 is 16.6 Å². The molecule has 2 rings (SSSR count). The Bertz CT molecular complexity index is 551. The molecule has 6 heteroatoms. The molecule has 6 nitrogen and oxygen atoms in total. The smallest absolute Gasteiger partial charge is 0.253 e. The maximum atomic E-state index is 11.9. The van der Waals surface area contributed by atoms with Crippen LogP contribution in [-0.2, 0) is 6.54 Å². The molecule has 0 unspecified atom stereocenters. The Balaban J connectivity index is 2.03. The van der Waals surface area contributed by atoms with Gasteiger partial charge in [0.15, 0.2) is 0 Å². The van der Waals surface area contributed by atoms with E-state index in [-0.39, 0.29) is 5.91 Å². The lowest BCUT2D eigenvalue weighted by Gasteiger charge is -2.08. The van der Waals surface area contributed by atoms with Gasteiger partial charge < -0.3 is 15.3 Å². The number of rotatable bonds is 4. The fourth-order valence-corrected chi connectivity index (χ4v) is 1.57. The summed E-state index contributed by atoms with van der Waals surface area (Å²) in [4.78, 5) is 11.9. The maximum Gasteiger partial charge on any atom is 0.253 e. The Kier molecular flexibility index (Phi) is 3.59. The summed E-state index contributed by atoms with van der Waals surface area (Å²) in [7, 11) is 0. The highest BCUT2D eigenvalue weighted by Gasteiger charge is 2.10. The van der Waals surface area contributed by atoms with Crippen LogP contribution in [0.4, 0.5) is 5.69 Å². The normalized spacial score (nSPS) is 10.1. The number of carbonyl (C=O) groups excluding carboxylic acids is 1. The summed E-state index contributed by atoms with van der Waals surface area (Å²) >= 11 is 0. The largest absolute Gasteiger partial charge is 0.361 e. The Hall–Kier alpha value is -2.34. The minimum atomic E-state index is -0.218. The van der Waals surface area contributed by atoms with Gasteiger partial charge in [0.2, 0.25) is 0 Å². The third-order valence-corrected chi connectivity index (χ3v) is 2.43. The van der Waals surface area contributed by atoms with Crippen LogP contribution in [0.15, 0.2) is 34.9 Å². The summed E-state index contributed by atoms with van der Waals surface area (Å²) in [5.41, 5.74) is 4.23. The van der Waals surface area contributed by atoms with Crippen LogP contribution >= 0.6 is 0 Å². The van der Waals surface area contributed by atoms with Crippen molar-refractivity contribution in [2.75, 3.05) is 5.43 Å². The van der Waals surface area contributed by atoms with E-state index in [1.807, 2.05) is 0 Å². The van der Waals surface area contributed by atoms with Crippen LogP contribution in [0.1, 0.15) is 21.8 Å². The fourth-order valence-electron chi connectivity index (χ4n) is 1.57. The number of hydrogen-bond acceptors (Lipinski definition) is 5. The number of anilines is 1. The molecule has 1 amide bonds. The van der Waals surface area contributed by atoms with Crippen molar-refractivity contribution in [1.82, 2.24) is 10.5 Å². The lowest BCUT2D eigenvalue weighted by atomic mass is 10.1. The predicted octanol–water partition coefficient (Wildman–Crippen LogP) is 1.20. The molecular formula is C12H14N4O2. The lowest BCUT2D eigenvalue weighted by Crippen LogP contribution is -2.24. The highest BCUT2D eigenvalue weighted by molar-refractivity contribution is 5.99. The average molecular weight is 246 g/mol. The predicted molar refractivity (Wildman–Crippen MR) is 66.7 cm³/mol. The number of benzene rings is 1.